The molecule has 0 atom stereocenters. The Bertz CT molecular complexity index is 235. The summed E-state index contributed by atoms with van der Waals surface area (Å²) in [6.45, 7) is 0. The Morgan fingerprint density at radius 2 is 1.29 bits per heavy atom. The fourth-order valence-corrected chi connectivity index (χ4v) is 0.913. The molecule has 2 heteroatoms. The second-order valence-corrected chi connectivity index (χ2v) is 3.11. The summed E-state index contributed by atoms with van der Waals surface area (Å²) in [6.07, 6.45) is 10.0. The fourth-order valence-electron chi connectivity index (χ4n) is 0.695. The molecule has 2 rings (SSSR count). The van der Waals surface area contributed by atoms with Gasteiger partial charge in [-0.1, -0.05) is 36.4 Å². The molecule has 1 fully saturated rings. The monoisotopic (exact) mass is 208 g/mol. The number of halogens is 1. The minimum Gasteiger partial charge on any atom is -0.281 e. The number of carbonyl (C=O) groups excluding carboxylic acids is 1. The molecule has 0 amide bonds. The van der Waals surface area contributed by atoms with E-state index in [1.54, 1.807) is 0 Å². The summed E-state index contributed by atoms with van der Waals surface area (Å²) in [6, 6.07) is 12.0. The van der Waals surface area contributed by atoms with Crippen molar-refractivity contribution in [1.82, 2.24) is 0 Å². The van der Waals surface area contributed by atoms with Crippen LogP contribution in [0.5, 0.6) is 0 Å². The Morgan fingerprint density at radius 3 is 1.36 bits per heavy atom. The predicted octanol–water partition coefficient (Wildman–Crippen LogP) is 3.10. The summed E-state index contributed by atoms with van der Waals surface area (Å²) < 4.78 is 0. The third-order valence-corrected chi connectivity index (χ3v) is 1.87. The Labute approximate surface area is 90.1 Å². The lowest BCUT2D eigenvalue weighted by Gasteiger charge is -1.72. The molecule has 0 saturated heterocycles. The maximum atomic E-state index is 9.97. The van der Waals surface area contributed by atoms with Crippen molar-refractivity contribution in [2.24, 2.45) is 5.92 Å². The van der Waals surface area contributed by atoms with Crippen molar-refractivity contribution in [2.75, 3.05) is 0 Å². The second-order valence-electron chi connectivity index (χ2n) is 2.73. The highest BCUT2D eigenvalue weighted by molar-refractivity contribution is 6.64. The number of rotatable bonds is 1. The van der Waals surface area contributed by atoms with Crippen molar-refractivity contribution in [1.29, 1.82) is 0 Å². The van der Waals surface area contributed by atoms with Crippen molar-refractivity contribution in [3.05, 3.63) is 36.4 Å². The van der Waals surface area contributed by atoms with Gasteiger partial charge in [-0.15, -0.1) is 12.8 Å². The van der Waals surface area contributed by atoms with E-state index >= 15 is 0 Å². The third kappa shape index (κ3) is 7.39. The Kier molecular flexibility index (Phi) is 7.59. The second kappa shape index (κ2) is 8.34. The summed E-state index contributed by atoms with van der Waals surface area (Å²) in [5, 5.41) is -0.157. The molecule has 0 spiro atoms. The van der Waals surface area contributed by atoms with Gasteiger partial charge < -0.3 is 0 Å². The predicted molar refractivity (Wildman–Crippen MR) is 59.9 cm³/mol. The highest BCUT2D eigenvalue weighted by Gasteiger charge is 2.27. The number of benzene rings is 1. The van der Waals surface area contributed by atoms with Crippen LogP contribution >= 0.6 is 11.6 Å². The topological polar surface area (TPSA) is 17.1 Å². The highest BCUT2D eigenvalue weighted by atomic mass is 35.5. The van der Waals surface area contributed by atoms with E-state index in [1.165, 1.54) is 0 Å². The highest BCUT2D eigenvalue weighted by Crippen LogP contribution is 2.30. The summed E-state index contributed by atoms with van der Waals surface area (Å²) in [7, 11) is 0. The van der Waals surface area contributed by atoms with Gasteiger partial charge in [-0.3, -0.25) is 4.79 Å². The average Bonchev–Trinajstić information content (AvgIpc) is 3.08. The van der Waals surface area contributed by atoms with Crippen molar-refractivity contribution in [3.8, 4) is 12.8 Å². The molecule has 1 aliphatic carbocycles. The first kappa shape index (κ1) is 12.7. The SMILES string of the molecule is C#C.O=C(Cl)C1CC1.c1ccccc1. The zero-order chi connectivity index (χ0) is 10.8. The smallest absolute Gasteiger partial charge is 0.224 e. The van der Waals surface area contributed by atoms with Gasteiger partial charge in [-0.05, 0) is 24.4 Å². The third-order valence-electron chi connectivity index (χ3n) is 1.56. The van der Waals surface area contributed by atoms with Crippen LogP contribution in [0, 0.1) is 18.8 Å². The van der Waals surface area contributed by atoms with E-state index in [0.717, 1.165) is 12.8 Å². The van der Waals surface area contributed by atoms with Gasteiger partial charge in [-0.2, -0.15) is 0 Å². The number of carbonyl (C=O) groups is 1. The minimum absolute atomic E-state index is 0.157. The molecule has 1 saturated carbocycles. The summed E-state index contributed by atoms with van der Waals surface area (Å²) >= 11 is 5.04. The fraction of sp³-hybridized carbons (Fsp3) is 0.250. The van der Waals surface area contributed by atoms with E-state index in [4.69, 9.17) is 11.6 Å². The van der Waals surface area contributed by atoms with Crippen LogP contribution in [0.25, 0.3) is 0 Å². The lowest BCUT2D eigenvalue weighted by atomic mass is 10.4. The minimum atomic E-state index is -0.157. The standard InChI is InChI=1S/C6H6.C4H5ClO.C2H2/c1-2-4-6-5-3-1;5-4(6)3-1-2-3;1-2/h1-6H;3H,1-2H2;1-2H. The quantitative estimate of drug-likeness (QED) is 0.512. The lowest BCUT2D eigenvalue weighted by Crippen LogP contribution is -1.83. The van der Waals surface area contributed by atoms with Crippen molar-refractivity contribution < 1.29 is 4.79 Å². The number of terminal acetylenes is 1. The van der Waals surface area contributed by atoms with Gasteiger partial charge in [0.2, 0.25) is 5.24 Å². The average molecular weight is 209 g/mol. The Hall–Kier alpha value is -1.26. The lowest BCUT2D eigenvalue weighted by molar-refractivity contribution is -0.112. The molecular weight excluding hydrogens is 196 g/mol. The zero-order valence-electron chi connectivity index (χ0n) is 7.90. The maximum Gasteiger partial charge on any atom is 0.224 e. The molecule has 0 N–H and O–H groups in total. The van der Waals surface area contributed by atoms with Crippen LogP contribution in [-0.2, 0) is 4.79 Å². The molecular formula is C12H13ClO. The normalized spacial score (nSPS) is 12.5. The van der Waals surface area contributed by atoms with E-state index in [0.29, 0.717) is 0 Å². The van der Waals surface area contributed by atoms with Crippen LogP contribution in [-0.4, -0.2) is 5.24 Å². The molecule has 0 aliphatic heterocycles. The molecule has 1 nitrogen and oxygen atoms in total. The molecule has 1 aromatic carbocycles. The largest absolute Gasteiger partial charge is 0.281 e. The zero-order valence-corrected chi connectivity index (χ0v) is 8.65. The Balaban J connectivity index is 0.000000206. The first-order valence-electron chi connectivity index (χ1n) is 4.33. The molecule has 1 aliphatic rings. The van der Waals surface area contributed by atoms with Gasteiger partial charge in [0.15, 0.2) is 0 Å². The number of hydrogen-bond donors (Lipinski definition) is 0. The number of hydrogen-bond acceptors (Lipinski definition) is 1. The van der Waals surface area contributed by atoms with Crippen LogP contribution in [0.2, 0.25) is 0 Å². The van der Waals surface area contributed by atoms with Gasteiger partial charge >= 0.3 is 0 Å². The summed E-state index contributed by atoms with van der Waals surface area (Å²) in [5.41, 5.74) is 0. The van der Waals surface area contributed by atoms with Crippen molar-refractivity contribution in [2.45, 2.75) is 12.8 Å². The van der Waals surface area contributed by atoms with Crippen molar-refractivity contribution in [3.63, 3.8) is 0 Å². The van der Waals surface area contributed by atoms with Crippen LogP contribution in [0.3, 0.4) is 0 Å². The van der Waals surface area contributed by atoms with Gasteiger partial charge in [-0.25, -0.2) is 0 Å². The van der Waals surface area contributed by atoms with Gasteiger partial charge in [0.1, 0.15) is 0 Å². The molecule has 0 aromatic heterocycles. The van der Waals surface area contributed by atoms with Crippen molar-refractivity contribution >= 4 is 16.8 Å². The molecule has 0 unspecified atom stereocenters. The first-order chi connectivity index (χ1) is 6.80. The molecule has 0 heterocycles. The summed E-state index contributed by atoms with van der Waals surface area (Å²) in [5.74, 6) is 0.228. The van der Waals surface area contributed by atoms with Crippen LogP contribution < -0.4 is 0 Å². The molecule has 1 aromatic rings. The van der Waals surface area contributed by atoms with Gasteiger partial charge in [0, 0.05) is 5.92 Å². The van der Waals surface area contributed by atoms with E-state index in [9.17, 15) is 4.79 Å². The van der Waals surface area contributed by atoms with Gasteiger partial charge in [0.05, 0.1) is 0 Å². The van der Waals surface area contributed by atoms with E-state index in [2.05, 4.69) is 12.8 Å². The van der Waals surface area contributed by atoms with E-state index in [1.807, 2.05) is 36.4 Å². The molecule has 14 heavy (non-hydrogen) atoms. The first-order valence-corrected chi connectivity index (χ1v) is 4.71. The Morgan fingerprint density at radius 1 is 1.00 bits per heavy atom. The molecule has 74 valence electrons. The van der Waals surface area contributed by atoms with Gasteiger partial charge in [0.25, 0.3) is 0 Å². The summed E-state index contributed by atoms with van der Waals surface area (Å²) in [4.78, 5) is 9.97. The van der Waals surface area contributed by atoms with E-state index < -0.39 is 0 Å². The van der Waals surface area contributed by atoms with Crippen LogP contribution in [0.4, 0.5) is 0 Å². The van der Waals surface area contributed by atoms with Crippen LogP contribution in [0.15, 0.2) is 36.4 Å². The maximum absolute atomic E-state index is 9.97. The van der Waals surface area contributed by atoms with Crippen LogP contribution in [0.1, 0.15) is 12.8 Å². The molecule has 0 radical (unpaired) electrons. The van der Waals surface area contributed by atoms with E-state index in [-0.39, 0.29) is 11.2 Å². The molecule has 0 bridgehead atoms.